The maximum Gasteiger partial charge on any atom is 0.479 e. The molecule has 0 unspecified atom stereocenters. The quantitative estimate of drug-likeness (QED) is 0.719. The van der Waals surface area contributed by atoms with Crippen molar-refractivity contribution < 1.29 is 35.1 Å². The number of halogens is 8. The first-order valence-corrected chi connectivity index (χ1v) is 3.28. The molecular weight excluding hydrogens is 256 g/mol. The zero-order valence-corrected chi connectivity index (χ0v) is 6.81. The molecule has 0 saturated carbocycles. The number of aromatic nitrogens is 4. The molecule has 92 valence electrons. The minimum absolute atomic E-state index is 1.43. The number of tetrazole rings is 1. The number of hydrogen-bond donors (Lipinski definition) is 0. The molecule has 1 aromatic rings. The van der Waals surface area contributed by atoms with Crippen LogP contribution in [0.5, 0.6) is 0 Å². The molecule has 0 fully saturated rings. The molecule has 1 heterocycles. The molecule has 0 spiro atoms. The van der Waals surface area contributed by atoms with Crippen molar-refractivity contribution in [3.63, 3.8) is 0 Å². The van der Waals surface area contributed by atoms with Crippen molar-refractivity contribution in [1.29, 1.82) is 0 Å². The van der Waals surface area contributed by atoms with Gasteiger partial charge in [-0.3, -0.25) is 0 Å². The molecule has 0 aliphatic rings. The van der Waals surface area contributed by atoms with Crippen molar-refractivity contribution >= 4 is 0 Å². The summed E-state index contributed by atoms with van der Waals surface area (Å²) in [5.74, 6) is -2.18. The number of nitrogens with zero attached hydrogens (tertiary/aromatic N) is 4. The van der Waals surface area contributed by atoms with E-state index in [1.54, 1.807) is 0 Å². The van der Waals surface area contributed by atoms with Gasteiger partial charge in [-0.15, -0.1) is 10.2 Å². The fourth-order valence-corrected chi connectivity index (χ4v) is 0.560. The van der Waals surface area contributed by atoms with Crippen LogP contribution in [-0.2, 0) is 12.2 Å². The lowest BCUT2D eigenvalue weighted by Crippen LogP contribution is -2.41. The molecule has 0 aliphatic carbocycles. The van der Waals surface area contributed by atoms with Crippen LogP contribution in [0.3, 0.4) is 0 Å². The van der Waals surface area contributed by atoms with Crippen molar-refractivity contribution in [2.24, 2.45) is 0 Å². The molecule has 16 heavy (non-hydrogen) atoms. The number of hydrogen-bond acceptors (Lipinski definition) is 3. The van der Waals surface area contributed by atoms with Crippen molar-refractivity contribution in [3.05, 3.63) is 5.82 Å². The molecule has 0 radical (unpaired) electrons. The molecule has 1 rings (SSSR count). The predicted molar refractivity (Wildman–Crippen MR) is 29.1 cm³/mol. The van der Waals surface area contributed by atoms with Crippen molar-refractivity contribution in [2.45, 2.75) is 18.4 Å². The van der Waals surface area contributed by atoms with Gasteiger partial charge in [0.15, 0.2) is 0 Å². The van der Waals surface area contributed by atoms with E-state index in [-0.39, 0.29) is 0 Å². The third-order valence-corrected chi connectivity index (χ3v) is 1.26. The van der Waals surface area contributed by atoms with Gasteiger partial charge in [0, 0.05) is 0 Å². The molecule has 0 atom stereocenters. The fraction of sp³-hybridized carbons (Fsp3) is 0.750. The van der Waals surface area contributed by atoms with Gasteiger partial charge in [0.2, 0.25) is 0 Å². The Morgan fingerprint density at radius 3 is 1.69 bits per heavy atom. The van der Waals surface area contributed by atoms with E-state index in [0.29, 0.717) is 0 Å². The largest absolute Gasteiger partial charge is 0.479 e. The first kappa shape index (κ1) is 12.6. The van der Waals surface area contributed by atoms with Crippen molar-refractivity contribution in [1.82, 2.24) is 20.2 Å². The van der Waals surface area contributed by atoms with Gasteiger partial charge < -0.3 is 0 Å². The SMILES string of the molecule is FC(F)(F)c1nnn(C(F)(F)C(F)(F)F)n1. The van der Waals surface area contributed by atoms with E-state index in [1.807, 2.05) is 10.3 Å². The minimum Gasteiger partial charge on any atom is -0.169 e. The topological polar surface area (TPSA) is 43.6 Å². The second kappa shape index (κ2) is 3.25. The summed E-state index contributed by atoms with van der Waals surface area (Å²) in [6.07, 6.45) is -11.4. The molecule has 4 nitrogen and oxygen atoms in total. The van der Waals surface area contributed by atoms with E-state index in [2.05, 4.69) is 5.10 Å². The molecule has 0 aromatic carbocycles. The van der Waals surface area contributed by atoms with Gasteiger partial charge in [-0.05, 0) is 5.21 Å². The summed E-state index contributed by atoms with van der Waals surface area (Å²) in [7, 11) is 0. The zero-order chi connectivity index (χ0) is 12.8. The Labute approximate surface area is 80.8 Å². The summed E-state index contributed by atoms with van der Waals surface area (Å²) in [6.45, 7) is 0. The van der Waals surface area contributed by atoms with Gasteiger partial charge in [0.05, 0.1) is 0 Å². The van der Waals surface area contributed by atoms with Gasteiger partial charge in [0.25, 0.3) is 5.82 Å². The van der Waals surface area contributed by atoms with Crippen LogP contribution in [0, 0.1) is 0 Å². The first-order valence-electron chi connectivity index (χ1n) is 3.28. The maximum absolute atomic E-state index is 12.4. The Kier molecular flexibility index (Phi) is 2.55. The smallest absolute Gasteiger partial charge is 0.169 e. The lowest BCUT2D eigenvalue weighted by atomic mass is 10.5. The van der Waals surface area contributed by atoms with E-state index >= 15 is 0 Å². The standard InChI is InChI=1S/C4F8N4/c5-2(6,7)1-13-15-16(14-1)4(11,12)3(8,9)10. The molecule has 0 N–H and O–H groups in total. The Bertz CT molecular complexity index is 374. The highest BCUT2D eigenvalue weighted by molar-refractivity contribution is 4.84. The van der Waals surface area contributed by atoms with Crippen LogP contribution < -0.4 is 0 Å². The Balaban J connectivity index is 3.13. The van der Waals surface area contributed by atoms with Crippen LogP contribution in [0.15, 0.2) is 0 Å². The Hall–Kier alpha value is -1.49. The van der Waals surface area contributed by atoms with E-state index < -0.39 is 29.0 Å². The maximum atomic E-state index is 12.4. The van der Waals surface area contributed by atoms with E-state index in [1.165, 1.54) is 0 Å². The Morgan fingerprint density at radius 2 is 1.38 bits per heavy atom. The third kappa shape index (κ3) is 2.04. The second-order valence-corrected chi connectivity index (χ2v) is 2.44. The zero-order valence-electron chi connectivity index (χ0n) is 6.81. The lowest BCUT2D eigenvalue weighted by molar-refractivity contribution is -0.333. The van der Waals surface area contributed by atoms with Crippen LogP contribution in [0.25, 0.3) is 0 Å². The summed E-state index contributed by atoms with van der Waals surface area (Å²) in [5.41, 5.74) is 0. The molecule has 0 saturated heterocycles. The summed E-state index contributed by atoms with van der Waals surface area (Å²) in [4.78, 5) is -1.43. The molecule has 1 aromatic heterocycles. The van der Waals surface area contributed by atoms with Crippen LogP contribution in [0.2, 0.25) is 0 Å². The monoisotopic (exact) mass is 256 g/mol. The van der Waals surface area contributed by atoms with Gasteiger partial charge in [-0.1, -0.05) is 4.80 Å². The highest BCUT2D eigenvalue weighted by Gasteiger charge is 2.62. The molecular formula is C4F8N4. The number of alkyl halides is 8. The van der Waals surface area contributed by atoms with Gasteiger partial charge in [-0.25, -0.2) is 0 Å². The third-order valence-electron chi connectivity index (χ3n) is 1.26. The van der Waals surface area contributed by atoms with Crippen LogP contribution >= 0.6 is 0 Å². The van der Waals surface area contributed by atoms with Crippen LogP contribution in [0.1, 0.15) is 5.82 Å². The van der Waals surface area contributed by atoms with E-state index in [4.69, 9.17) is 0 Å². The van der Waals surface area contributed by atoms with Crippen LogP contribution in [0.4, 0.5) is 35.1 Å². The summed E-state index contributed by atoms with van der Waals surface area (Å²) < 4.78 is 95.1. The Morgan fingerprint density at radius 1 is 0.875 bits per heavy atom. The van der Waals surface area contributed by atoms with Gasteiger partial charge >= 0.3 is 18.4 Å². The number of rotatable bonds is 1. The summed E-state index contributed by atoms with van der Waals surface area (Å²) in [5, 5.41) is 5.97. The summed E-state index contributed by atoms with van der Waals surface area (Å²) >= 11 is 0. The molecule has 0 aliphatic heterocycles. The average molecular weight is 256 g/mol. The summed E-state index contributed by atoms with van der Waals surface area (Å²) in [6, 6.07) is -5.65. The van der Waals surface area contributed by atoms with Crippen molar-refractivity contribution in [2.75, 3.05) is 0 Å². The fourth-order valence-electron chi connectivity index (χ4n) is 0.560. The van der Waals surface area contributed by atoms with E-state index in [9.17, 15) is 35.1 Å². The van der Waals surface area contributed by atoms with E-state index in [0.717, 1.165) is 0 Å². The molecule has 12 heteroatoms. The normalized spacial score (nSPS) is 14.2. The first-order chi connectivity index (χ1) is 6.96. The van der Waals surface area contributed by atoms with Crippen molar-refractivity contribution in [3.8, 4) is 0 Å². The highest BCUT2D eigenvalue weighted by Crippen LogP contribution is 2.38. The molecule has 0 amide bonds. The van der Waals surface area contributed by atoms with Gasteiger partial charge in [0.1, 0.15) is 0 Å². The highest BCUT2D eigenvalue weighted by atomic mass is 19.4. The molecule has 0 bridgehead atoms. The average Bonchev–Trinajstić information content (AvgIpc) is 2.47. The predicted octanol–water partition coefficient (Wildman–Crippen LogP) is 1.80. The second-order valence-electron chi connectivity index (χ2n) is 2.44. The minimum atomic E-state index is -6.11. The lowest BCUT2D eigenvalue weighted by Gasteiger charge is -2.16. The van der Waals surface area contributed by atoms with Gasteiger partial charge in [-0.2, -0.15) is 35.1 Å². The van der Waals surface area contributed by atoms with Crippen LogP contribution in [-0.4, -0.2) is 26.4 Å².